The molecule has 0 amide bonds. The number of nitrogens with zero attached hydrogens (tertiary/aromatic N) is 2. The second-order valence-electron chi connectivity index (χ2n) is 13.0. The van der Waals surface area contributed by atoms with Crippen molar-refractivity contribution in [2.75, 3.05) is 9.80 Å². The van der Waals surface area contributed by atoms with Crippen LogP contribution in [0, 0.1) is 0 Å². The first-order valence-electron chi connectivity index (χ1n) is 17.5. The highest BCUT2D eigenvalue weighted by Crippen LogP contribution is 2.45. The number of hydrogen-bond acceptors (Lipinski definition) is 4. The summed E-state index contributed by atoms with van der Waals surface area (Å²) in [4.78, 5) is 4.74. The molecule has 8 aromatic carbocycles. The van der Waals surface area contributed by atoms with Gasteiger partial charge in [0.1, 0.15) is 0 Å². The summed E-state index contributed by atoms with van der Waals surface area (Å²) < 4.78 is 5.17. The third kappa shape index (κ3) is 5.41. The van der Waals surface area contributed by atoms with Crippen molar-refractivity contribution in [2.24, 2.45) is 0 Å². The molecule has 0 unspecified atom stereocenters. The molecule has 0 N–H and O–H groups in total. The van der Waals surface area contributed by atoms with Crippen molar-refractivity contribution in [2.45, 2.75) is 0 Å². The lowest BCUT2D eigenvalue weighted by atomic mass is 10.0. The van der Waals surface area contributed by atoms with Crippen LogP contribution in [-0.2, 0) is 0 Å². The van der Waals surface area contributed by atoms with Crippen LogP contribution in [0.25, 0.3) is 51.5 Å². The van der Waals surface area contributed by atoms with E-state index in [4.69, 9.17) is 0 Å². The van der Waals surface area contributed by atoms with Gasteiger partial charge in [0.25, 0.3) is 0 Å². The molecule has 10 rings (SSSR count). The van der Waals surface area contributed by atoms with Crippen LogP contribution in [0.5, 0.6) is 0 Å². The second kappa shape index (κ2) is 12.8. The van der Waals surface area contributed by atoms with E-state index in [1.54, 1.807) is 0 Å². The number of fused-ring (bicyclic) bond motifs is 6. The van der Waals surface area contributed by atoms with Gasteiger partial charge in [0.05, 0.1) is 0 Å². The first kappa shape index (κ1) is 30.6. The Kier molecular flexibility index (Phi) is 7.56. The van der Waals surface area contributed by atoms with Gasteiger partial charge in [0.2, 0.25) is 0 Å². The Morgan fingerprint density at radius 2 is 0.654 bits per heavy atom. The number of rotatable bonds is 7. The number of benzene rings is 8. The largest absolute Gasteiger partial charge is 0.310 e. The fourth-order valence-electron chi connectivity index (χ4n) is 7.37. The van der Waals surface area contributed by atoms with Gasteiger partial charge in [-0.05, 0) is 102 Å². The molecule has 2 aromatic heterocycles. The number of thiophene rings is 2. The molecule has 0 spiro atoms. The Labute approximate surface area is 310 Å². The van der Waals surface area contributed by atoms with E-state index >= 15 is 0 Å². The monoisotopic (exact) mass is 700 g/mol. The number of para-hydroxylation sites is 2. The first-order valence-corrected chi connectivity index (χ1v) is 19.1. The maximum Gasteiger partial charge on any atom is 0.0476 e. The summed E-state index contributed by atoms with van der Waals surface area (Å²) in [6.45, 7) is 0. The minimum absolute atomic E-state index is 1.13. The van der Waals surface area contributed by atoms with E-state index in [1.807, 2.05) is 22.7 Å². The van der Waals surface area contributed by atoms with Crippen LogP contribution in [0.15, 0.2) is 194 Å². The van der Waals surface area contributed by atoms with Gasteiger partial charge in [-0.25, -0.2) is 0 Å². The summed E-state index contributed by atoms with van der Waals surface area (Å²) in [5.74, 6) is 0. The Morgan fingerprint density at radius 3 is 1.29 bits per heavy atom. The van der Waals surface area contributed by atoms with Crippen LogP contribution in [0.4, 0.5) is 34.1 Å². The fourth-order valence-corrected chi connectivity index (χ4v) is 9.57. The van der Waals surface area contributed by atoms with Gasteiger partial charge in [-0.1, -0.05) is 103 Å². The number of anilines is 6. The summed E-state index contributed by atoms with van der Waals surface area (Å²) in [5, 5.41) is 5.14. The summed E-state index contributed by atoms with van der Waals surface area (Å²) in [7, 11) is 0. The maximum absolute atomic E-state index is 2.41. The molecule has 0 fully saturated rings. The highest BCUT2D eigenvalue weighted by molar-refractivity contribution is 7.26. The standard InChI is InChI=1S/C48H32N2S2/c1-4-12-33(13-5-1)34-20-22-37(23-21-34)50(39-26-28-46-43(31-39)41-18-10-11-19-45(41)51-46)40-24-27-42-44-30-38(25-29-47(44)52-48(42)32-40)49(35-14-6-2-7-15-35)36-16-8-3-9-17-36/h1-32H. The van der Waals surface area contributed by atoms with Crippen molar-refractivity contribution < 1.29 is 0 Å². The van der Waals surface area contributed by atoms with Crippen LogP contribution in [0.1, 0.15) is 0 Å². The molecule has 0 bridgehead atoms. The highest BCUT2D eigenvalue weighted by atomic mass is 32.1. The van der Waals surface area contributed by atoms with Crippen molar-refractivity contribution in [3.8, 4) is 11.1 Å². The van der Waals surface area contributed by atoms with Gasteiger partial charge in [-0.3, -0.25) is 0 Å². The molecular formula is C48H32N2S2. The molecule has 52 heavy (non-hydrogen) atoms. The first-order chi connectivity index (χ1) is 25.8. The summed E-state index contributed by atoms with van der Waals surface area (Å²) in [5.41, 5.74) is 9.26. The molecule has 0 saturated carbocycles. The molecule has 0 atom stereocenters. The Balaban J connectivity index is 1.11. The van der Waals surface area contributed by atoms with E-state index in [2.05, 4.69) is 204 Å². The molecule has 0 aliphatic rings. The highest BCUT2D eigenvalue weighted by Gasteiger charge is 2.18. The van der Waals surface area contributed by atoms with Crippen LogP contribution >= 0.6 is 22.7 Å². The average molecular weight is 701 g/mol. The molecule has 0 radical (unpaired) electrons. The quantitative estimate of drug-likeness (QED) is 0.163. The Hall–Kier alpha value is -6.20. The van der Waals surface area contributed by atoms with Gasteiger partial charge in [-0.15, -0.1) is 22.7 Å². The lowest BCUT2D eigenvalue weighted by molar-refractivity contribution is 1.29. The predicted molar refractivity (Wildman–Crippen MR) is 227 cm³/mol. The van der Waals surface area contributed by atoms with Crippen molar-refractivity contribution in [3.63, 3.8) is 0 Å². The molecule has 0 saturated heterocycles. The van der Waals surface area contributed by atoms with Crippen LogP contribution in [-0.4, -0.2) is 0 Å². The Bertz CT molecular complexity index is 2800. The fraction of sp³-hybridized carbons (Fsp3) is 0. The zero-order chi connectivity index (χ0) is 34.4. The summed E-state index contributed by atoms with van der Waals surface area (Å²) in [6, 6.07) is 70.3. The second-order valence-corrected chi connectivity index (χ2v) is 15.2. The van der Waals surface area contributed by atoms with Gasteiger partial charge >= 0.3 is 0 Å². The van der Waals surface area contributed by atoms with Crippen LogP contribution in [0.2, 0.25) is 0 Å². The molecule has 2 nitrogen and oxygen atoms in total. The van der Waals surface area contributed by atoms with Crippen LogP contribution in [0.3, 0.4) is 0 Å². The molecule has 2 heterocycles. The van der Waals surface area contributed by atoms with E-state index in [0.29, 0.717) is 0 Å². The minimum atomic E-state index is 1.13. The third-order valence-electron chi connectivity index (χ3n) is 9.83. The normalized spacial score (nSPS) is 11.5. The lowest BCUT2D eigenvalue weighted by Gasteiger charge is -2.26. The topological polar surface area (TPSA) is 6.48 Å². The van der Waals surface area contributed by atoms with Crippen molar-refractivity contribution in [3.05, 3.63) is 194 Å². The molecule has 0 aliphatic carbocycles. The van der Waals surface area contributed by atoms with E-state index in [-0.39, 0.29) is 0 Å². The van der Waals surface area contributed by atoms with E-state index < -0.39 is 0 Å². The number of hydrogen-bond donors (Lipinski definition) is 0. The lowest BCUT2D eigenvalue weighted by Crippen LogP contribution is -2.09. The summed E-state index contributed by atoms with van der Waals surface area (Å²) >= 11 is 3.72. The zero-order valence-corrected chi connectivity index (χ0v) is 29.8. The third-order valence-corrected chi connectivity index (χ3v) is 12.1. The van der Waals surface area contributed by atoms with E-state index in [0.717, 1.165) is 34.1 Å². The average Bonchev–Trinajstić information content (AvgIpc) is 3.77. The Morgan fingerprint density at radius 1 is 0.250 bits per heavy atom. The van der Waals surface area contributed by atoms with E-state index in [9.17, 15) is 0 Å². The van der Waals surface area contributed by atoms with Crippen molar-refractivity contribution in [1.29, 1.82) is 0 Å². The molecule has 246 valence electrons. The molecule has 10 aromatic rings. The van der Waals surface area contributed by atoms with Crippen LogP contribution < -0.4 is 9.80 Å². The molecule has 0 aliphatic heterocycles. The minimum Gasteiger partial charge on any atom is -0.310 e. The molecular weight excluding hydrogens is 669 g/mol. The van der Waals surface area contributed by atoms with Gasteiger partial charge in [0, 0.05) is 74.5 Å². The SMILES string of the molecule is c1ccc(-c2ccc(N(c3ccc4c(c3)sc3ccc(N(c5ccccc5)c5ccccc5)cc34)c3ccc4sc5ccccc5c4c3)cc2)cc1. The van der Waals surface area contributed by atoms with Gasteiger partial charge in [-0.2, -0.15) is 0 Å². The zero-order valence-electron chi connectivity index (χ0n) is 28.2. The molecule has 4 heteroatoms. The predicted octanol–water partition coefficient (Wildman–Crippen LogP) is 15.0. The maximum atomic E-state index is 2.41. The van der Waals surface area contributed by atoms with E-state index in [1.165, 1.54) is 51.5 Å². The van der Waals surface area contributed by atoms with Crippen molar-refractivity contribution >= 4 is 97.1 Å². The van der Waals surface area contributed by atoms with Gasteiger partial charge in [0.15, 0.2) is 0 Å². The smallest absolute Gasteiger partial charge is 0.0476 e. The van der Waals surface area contributed by atoms with Gasteiger partial charge < -0.3 is 9.80 Å². The summed E-state index contributed by atoms with van der Waals surface area (Å²) in [6.07, 6.45) is 0. The van der Waals surface area contributed by atoms with Crippen molar-refractivity contribution in [1.82, 2.24) is 0 Å².